The summed E-state index contributed by atoms with van der Waals surface area (Å²) < 4.78 is 2.33. The second-order valence-electron chi connectivity index (χ2n) is 6.04. The Balaban J connectivity index is 3.38. The lowest BCUT2D eigenvalue weighted by Gasteiger charge is -2.31. The van der Waals surface area contributed by atoms with Crippen molar-refractivity contribution >= 4 is 0 Å². The van der Waals surface area contributed by atoms with Gasteiger partial charge in [0.25, 0.3) is 0 Å². The molecule has 1 aromatic heterocycles. The van der Waals surface area contributed by atoms with Crippen LogP contribution in [-0.4, -0.2) is 14.8 Å². The van der Waals surface area contributed by atoms with Crippen molar-refractivity contribution in [2.75, 3.05) is 0 Å². The predicted octanol–water partition coefficient (Wildman–Crippen LogP) is 3.28. The Kier molecular flexibility index (Phi) is 3.46. The van der Waals surface area contributed by atoms with Crippen molar-refractivity contribution in [3.05, 3.63) is 11.6 Å². The van der Waals surface area contributed by atoms with Gasteiger partial charge in [-0.05, 0) is 20.3 Å². The van der Waals surface area contributed by atoms with Crippen molar-refractivity contribution in [3.8, 4) is 0 Å². The SMILES string of the molecule is CCc1nnc(C(C)(C)C)n1C(C)(C)CC. The van der Waals surface area contributed by atoms with Gasteiger partial charge in [0.2, 0.25) is 0 Å². The van der Waals surface area contributed by atoms with Gasteiger partial charge < -0.3 is 4.57 Å². The van der Waals surface area contributed by atoms with Crippen molar-refractivity contribution in [2.24, 2.45) is 0 Å². The quantitative estimate of drug-likeness (QED) is 0.787. The van der Waals surface area contributed by atoms with Crippen molar-refractivity contribution in [2.45, 2.75) is 72.3 Å². The number of rotatable bonds is 3. The molecular weight excluding hydrogens is 198 g/mol. The normalized spacial score (nSPS) is 13.2. The number of nitrogens with zero attached hydrogens (tertiary/aromatic N) is 3. The van der Waals surface area contributed by atoms with E-state index in [0.29, 0.717) is 0 Å². The molecule has 0 saturated heterocycles. The van der Waals surface area contributed by atoms with Crippen LogP contribution in [0.15, 0.2) is 0 Å². The van der Waals surface area contributed by atoms with Crippen molar-refractivity contribution < 1.29 is 0 Å². The molecule has 0 radical (unpaired) electrons. The highest BCUT2D eigenvalue weighted by atomic mass is 15.3. The van der Waals surface area contributed by atoms with Crippen LogP contribution in [-0.2, 0) is 17.4 Å². The summed E-state index contributed by atoms with van der Waals surface area (Å²) in [5.41, 5.74) is 0.143. The molecule has 1 rings (SSSR count). The molecule has 0 aliphatic heterocycles. The first-order valence-corrected chi connectivity index (χ1v) is 6.19. The van der Waals surface area contributed by atoms with E-state index in [1.165, 1.54) is 0 Å². The van der Waals surface area contributed by atoms with E-state index in [2.05, 4.69) is 63.2 Å². The predicted molar refractivity (Wildman–Crippen MR) is 67.7 cm³/mol. The summed E-state index contributed by atoms with van der Waals surface area (Å²) >= 11 is 0. The fourth-order valence-corrected chi connectivity index (χ4v) is 1.83. The maximum Gasteiger partial charge on any atom is 0.138 e. The molecule has 3 heteroatoms. The van der Waals surface area contributed by atoms with E-state index in [1.807, 2.05) is 0 Å². The third-order valence-electron chi connectivity index (χ3n) is 3.19. The maximum absolute atomic E-state index is 4.39. The van der Waals surface area contributed by atoms with E-state index >= 15 is 0 Å². The van der Waals surface area contributed by atoms with Crippen LogP contribution in [0.1, 0.15) is 66.5 Å². The summed E-state index contributed by atoms with van der Waals surface area (Å²) in [7, 11) is 0. The van der Waals surface area contributed by atoms with Crippen molar-refractivity contribution in [1.82, 2.24) is 14.8 Å². The number of aromatic nitrogens is 3. The van der Waals surface area contributed by atoms with Crippen LogP contribution in [0.5, 0.6) is 0 Å². The average molecular weight is 223 g/mol. The van der Waals surface area contributed by atoms with Crippen LogP contribution < -0.4 is 0 Å². The molecule has 0 aromatic carbocycles. The molecule has 0 atom stereocenters. The summed E-state index contributed by atoms with van der Waals surface area (Å²) in [5, 5.41) is 8.71. The van der Waals surface area contributed by atoms with E-state index in [0.717, 1.165) is 24.5 Å². The molecule has 0 aliphatic rings. The van der Waals surface area contributed by atoms with Gasteiger partial charge in [0.1, 0.15) is 11.6 Å². The van der Waals surface area contributed by atoms with Crippen molar-refractivity contribution in [3.63, 3.8) is 0 Å². The van der Waals surface area contributed by atoms with Gasteiger partial charge in [0.15, 0.2) is 0 Å². The molecule has 92 valence electrons. The standard InChI is InChI=1S/C13H25N3/c1-8-10-14-15-11(12(3,4)5)16(10)13(6,7)9-2/h8-9H2,1-7H3. The van der Waals surface area contributed by atoms with Crippen molar-refractivity contribution in [1.29, 1.82) is 0 Å². The fourth-order valence-electron chi connectivity index (χ4n) is 1.83. The van der Waals surface area contributed by atoms with Crippen LogP contribution in [0.4, 0.5) is 0 Å². The zero-order valence-electron chi connectivity index (χ0n) is 11.8. The Bertz CT molecular complexity index is 356. The lowest BCUT2D eigenvalue weighted by molar-refractivity contribution is 0.303. The van der Waals surface area contributed by atoms with Crippen LogP contribution in [0, 0.1) is 0 Å². The summed E-state index contributed by atoms with van der Waals surface area (Å²) in [6.45, 7) is 15.4. The molecule has 0 unspecified atom stereocenters. The highest BCUT2D eigenvalue weighted by molar-refractivity contribution is 5.10. The Labute approximate surface area is 99.3 Å². The summed E-state index contributed by atoms with van der Waals surface area (Å²) in [6, 6.07) is 0. The Hall–Kier alpha value is -0.860. The first kappa shape index (κ1) is 13.2. The highest BCUT2D eigenvalue weighted by Gasteiger charge is 2.30. The summed E-state index contributed by atoms with van der Waals surface area (Å²) in [4.78, 5) is 0. The van der Waals surface area contributed by atoms with Crippen LogP contribution in [0.25, 0.3) is 0 Å². The monoisotopic (exact) mass is 223 g/mol. The molecule has 1 heterocycles. The molecule has 3 nitrogen and oxygen atoms in total. The topological polar surface area (TPSA) is 30.7 Å². The third-order valence-corrected chi connectivity index (χ3v) is 3.19. The molecule has 0 aliphatic carbocycles. The van der Waals surface area contributed by atoms with Gasteiger partial charge in [0.05, 0.1) is 0 Å². The minimum absolute atomic E-state index is 0.0485. The van der Waals surface area contributed by atoms with Gasteiger partial charge in [-0.15, -0.1) is 10.2 Å². The fraction of sp³-hybridized carbons (Fsp3) is 0.846. The molecule has 0 fully saturated rings. The van der Waals surface area contributed by atoms with E-state index in [4.69, 9.17) is 0 Å². The third kappa shape index (κ3) is 2.28. The van der Waals surface area contributed by atoms with E-state index in [-0.39, 0.29) is 11.0 Å². The molecule has 1 aromatic rings. The number of hydrogen-bond donors (Lipinski definition) is 0. The average Bonchev–Trinajstić information content (AvgIpc) is 2.61. The summed E-state index contributed by atoms with van der Waals surface area (Å²) in [5.74, 6) is 2.19. The smallest absolute Gasteiger partial charge is 0.138 e. The van der Waals surface area contributed by atoms with Gasteiger partial charge in [-0.2, -0.15) is 0 Å². The minimum atomic E-state index is 0.0485. The molecule has 16 heavy (non-hydrogen) atoms. The van der Waals surface area contributed by atoms with E-state index in [9.17, 15) is 0 Å². The van der Waals surface area contributed by atoms with Gasteiger partial charge in [-0.3, -0.25) is 0 Å². The Morgan fingerprint density at radius 2 is 1.56 bits per heavy atom. The Morgan fingerprint density at radius 3 is 1.94 bits per heavy atom. The number of hydrogen-bond acceptors (Lipinski definition) is 2. The largest absolute Gasteiger partial charge is 0.309 e. The lowest BCUT2D eigenvalue weighted by Crippen LogP contribution is -2.33. The second-order valence-corrected chi connectivity index (χ2v) is 6.04. The molecule has 0 N–H and O–H groups in total. The second kappa shape index (κ2) is 4.19. The molecule has 0 bridgehead atoms. The molecule has 0 saturated carbocycles. The van der Waals surface area contributed by atoms with Crippen LogP contribution in [0.3, 0.4) is 0 Å². The lowest BCUT2D eigenvalue weighted by atomic mass is 9.92. The summed E-state index contributed by atoms with van der Waals surface area (Å²) in [6.07, 6.45) is 2.02. The zero-order valence-corrected chi connectivity index (χ0v) is 11.8. The minimum Gasteiger partial charge on any atom is -0.309 e. The first-order valence-electron chi connectivity index (χ1n) is 6.19. The van der Waals surface area contributed by atoms with Gasteiger partial charge in [-0.25, -0.2) is 0 Å². The molecular formula is C13H25N3. The van der Waals surface area contributed by atoms with E-state index in [1.54, 1.807) is 0 Å². The van der Waals surface area contributed by atoms with Gasteiger partial charge in [0, 0.05) is 17.4 Å². The van der Waals surface area contributed by atoms with Crippen LogP contribution >= 0.6 is 0 Å². The first-order chi connectivity index (χ1) is 7.24. The Morgan fingerprint density at radius 1 is 1.00 bits per heavy atom. The highest BCUT2D eigenvalue weighted by Crippen LogP contribution is 2.29. The van der Waals surface area contributed by atoms with Crippen LogP contribution in [0.2, 0.25) is 0 Å². The van der Waals surface area contributed by atoms with E-state index < -0.39 is 0 Å². The molecule has 0 spiro atoms. The van der Waals surface area contributed by atoms with Gasteiger partial charge >= 0.3 is 0 Å². The molecule has 0 amide bonds. The van der Waals surface area contributed by atoms with Gasteiger partial charge in [-0.1, -0.05) is 34.6 Å². The zero-order chi connectivity index (χ0) is 12.6. The maximum atomic E-state index is 4.39. The number of aryl methyl sites for hydroxylation is 1.